The summed E-state index contributed by atoms with van der Waals surface area (Å²) >= 11 is 2.40. The van der Waals surface area contributed by atoms with E-state index >= 15 is 0 Å². The van der Waals surface area contributed by atoms with Crippen molar-refractivity contribution in [2.24, 2.45) is 5.92 Å². The number of rotatable bonds is 3. The monoisotopic (exact) mass is 302 g/mol. The summed E-state index contributed by atoms with van der Waals surface area (Å²) in [4.78, 5) is 0. The first-order chi connectivity index (χ1) is 6.48. The van der Waals surface area contributed by atoms with Gasteiger partial charge in [0.2, 0.25) is 0 Å². The van der Waals surface area contributed by atoms with Gasteiger partial charge in [-0.2, -0.15) is 0 Å². The van der Waals surface area contributed by atoms with Gasteiger partial charge in [0.25, 0.3) is 0 Å². The molecule has 0 N–H and O–H groups in total. The van der Waals surface area contributed by atoms with E-state index in [2.05, 4.69) is 74.6 Å². The van der Waals surface area contributed by atoms with E-state index in [0.717, 1.165) is 4.43 Å². The van der Waals surface area contributed by atoms with Crippen molar-refractivity contribution in [1.82, 2.24) is 0 Å². The first-order valence-electron chi connectivity index (χ1n) is 5.14. The van der Waals surface area contributed by atoms with Gasteiger partial charge in [-0.3, -0.25) is 0 Å². The highest BCUT2D eigenvalue weighted by molar-refractivity contribution is 14.1. The Hall–Kier alpha value is -0.0500. The third-order valence-electron chi connectivity index (χ3n) is 3.30. The summed E-state index contributed by atoms with van der Waals surface area (Å²) in [5, 5.41) is 0. The van der Waals surface area contributed by atoms with Crippen molar-refractivity contribution < 1.29 is 0 Å². The van der Waals surface area contributed by atoms with Crippen LogP contribution in [0.25, 0.3) is 0 Å². The molecule has 1 heteroatoms. The Morgan fingerprint density at radius 3 is 2.00 bits per heavy atom. The van der Waals surface area contributed by atoms with Crippen LogP contribution in [0.1, 0.15) is 38.8 Å². The first kappa shape index (κ1) is 12.0. The van der Waals surface area contributed by atoms with Crippen molar-refractivity contribution in [3.05, 3.63) is 35.4 Å². The van der Waals surface area contributed by atoms with Crippen LogP contribution in [0, 0.1) is 5.92 Å². The van der Waals surface area contributed by atoms with Crippen LogP contribution in [0.3, 0.4) is 0 Å². The Kier molecular flexibility index (Phi) is 3.99. The quantitative estimate of drug-likeness (QED) is 0.567. The lowest BCUT2D eigenvalue weighted by molar-refractivity contribution is 0.372. The molecule has 0 saturated carbocycles. The average Bonchev–Trinajstić information content (AvgIpc) is 2.17. The molecule has 1 aromatic carbocycles. The molecule has 0 aliphatic heterocycles. The molecule has 78 valence electrons. The van der Waals surface area contributed by atoms with Gasteiger partial charge in [-0.25, -0.2) is 0 Å². The molecule has 0 unspecified atom stereocenters. The highest BCUT2D eigenvalue weighted by Gasteiger charge is 2.24. The summed E-state index contributed by atoms with van der Waals surface area (Å²) in [6.07, 6.45) is 0. The Bertz CT molecular complexity index is 283. The van der Waals surface area contributed by atoms with E-state index in [4.69, 9.17) is 0 Å². The molecule has 1 rings (SSSR count). The molecule has 1 aromatic rings. The molecule has 0 saturated heterocycles. The van der Waals surface area contributed by atoms with Gasteiger partial charge in [0.1, 0.15) is 0 Å². The van der Waals surface area contributed by atoms with Crippen LogP contribution in [0.4, 0.5) is 0 Å². The lowest BCUT2D eigenvalue weighted by Crippen LogP contribution is -2.24. The second kappa shape index (κ2) is 4.65. The molecule has 0 heterocycles. The average molecular weight is 302 g/mol. The summed E-state index contributed by atoms with van der Waals surface area (Å²) in [5.74, 6) is 0.674. The Labute approximate surface area is 101 Å². The van der Waals surface area contributed by atoms with E-state index in [1.54, 1.807) is 0 Å². The Morgan fingerprint density at radius 2 is 1.64 bits per heavy atom. The molecule has 0 aliphatic carbocycles. The number of hydrogen-bond donors (Lipinski definition) is 0. The van der Waals surface area contributed by atoms with Crippen LogP contribution in [0.5, 0.6) is 0 Å². The maximum absolute atomic E-state index is 2.40. The fraction of sp³-hybridized carbons (Fsp3) is 0.538. The van der Waals surface area contributed by atoms with Gasteiger partial charge < -0.3 is 0 Å². The number of halogens is 1. The molecule has 0 aliphatic rings. The first-order valence-corrected chi connectivity index (χ1v) is 6.66. The zero-order valence-electron chi connectivity index (χ0n) is 9.47. The normalized spacial score (nSPS) is 12.1. The van der Waals surface area contributed by atoms with Gasteiger partial charge in [0, 0.05) is 4.43 Å². The van der Waals surface area contributed by atoms with Crippen molar-refractivity contribution in [3.8, 4) is 0 Å². The molecule has 14 heavy (non-hydrogen) atoms. The zero-order chi connectivity index (χ0) is 10.8. The second-order valence-corrected chi connectivity index (χ2v) is 5.47. The molecule has 0 bridgehead atoms. The molecule has 0 fully saturated rings. The fourth-order valence-corrected chi connectivity index (χ4v) is 1.87. The molecular weight excluding hydrogens is 283 g/mol. The molecule has 0 spiro atoms. The highest BCUT2D eigenvalue weighted by atomic mass is 127. The Balaban J connectivity index is 2.97. The van der Waals surface area contributed by atoms with Crippen LogP contribution in [0.15, 0.2) is 24.3 Å². The minimum Gasteiger partial charge on any atom is -0.0812 e. The van der Waals surface area contributed by atoms with Crippen molar-refractivity contribution >= 4 is 22.6 Å². The van der Waals surface area contributed by atoms with E-state index in [1.807, 2.05) is 0 Å². The van der Waals surface area contributed by atoms with Crippen LogP contribution in [0.2, 0.25) is 0 Å². The van der Waals surface area contributed by atoms with Crippen molar-refractivity contribution in [2.75, 3.05) is 0 Å². The van der Waals surface area contributed by atoms with Crippen LogP contribution >= 0.6 is 22.6 Å². The van der Waals surface area contributed by atoms with E-state index in [1.165, 1.54) is 11.1 Å². The fourth-order valence-electron chi connectivity index (χ4n) is 1.36. The van der Waals surface area contributed by atoms with E-state index in [9.17, 15) is 0 Å². The smallest absolute Gasteiger partial charge is 0.0247 e. The largest absolute Gasteiger partial charge is 0.0812 e. The van der Waals surface area contributed by atoms with Crippen molar-refractivity contribution in [1.29, 1.82) is 0 Å². The molecule has 0 atom stereocenters. The number of benzene rings is 1. The summed E-state index contributed by atoms with van der Waals surface area (Å²) in [6, 6.07) is 9.03. The maximum Gasteiger partial charge on any atom is 0.0247 e. The topological polar surface area (TPSA) is 0 Å². The number of alkyl halides is 1. The van der Waals surface area contributed by atoms with Gasteiger partial charge in [-0.15, -0.1) is 0 Å². The standard InChI is InChI=1S/C13H19I/c1-10(2)13(3,4)12-7-5-11(9-14)6-8-12/h5-8,10H,9H2,1-4H3. The summed E-state index contributed by atoms with van der Waals surface area (Å²) < 4.78 is 1.10. The van der Waals surface area contributed by atoms with Crippen LogP contribution in [-0.2, 0) is 9.84 Å². The van der Waals surface area contributed by atoms with Crippen molar-refractivity contribution in [3.63, 3.8) is 0 Å². The minimum atomic E-state index is 0.282. The van der Waals surface area contributed by atoms with Gasteiger partial charge in [0.15, 0.2) is 0 Å². The van der Waals surface area contributed by atoms with Gasteiger partial charge >= 0.3 is 0 Å². The zero-order valence-corrected chi connectivity index (χ0v) is 11.6. The molecule has 0 amide bonds. The lowest BCUT2D eigenvalue weighted by atomic mass is 9.75. The lowest BCUT2D eigenvalue weighted by Gasteiger charge is -2.30. The third-order valence-corrected chi connectivity index (χ3v) is 4.18. The predicted octanol–water partition coefficient (Wildman–Crippen LogP) is 4.56. The highest BCUT2D eigenvalue weighted by Crippen LogP contribution is 2.31. The summed E-state index contributed by atoms with van der Waals surface area (Å²) in [6.45, 7) is 9.20. The predicted molar refractivity (Wildman–Crippen MR) is 72.0 cm³/mol. The van der Waals surface area contributed by atoms with E-state index < -0.39 is 0 Å². The van der Waals surface area contributed by atoms with Crippen molar-refractivity contribution in [2.45, 2.75) is 37.5 Å². The summed E-state index contributed by atoms with van der Waals surface area (Å²) in [5.41, 5.74) is 3.14. The van der Waals surface area contributed by atoms with E-state index in [-0.39, 0.29) is 5.41 Å². The SMILES string of the molecule is CC(C)C(C)(C)c1ccc(CI)cc1. The van der Waals surface area contributed by atoms with Crippen LogP contribution in [-0.4, -0.2) is 0 Å². The minimum absolute atomic E-state index is 0.282. The van der Waals surface area contributed by atoms with Gasteiger partial charge in [-0.05, 0) is 22.5 Å². The second-order valence-electron chi connectivity index (χ2n) is 4.71. The maximum atomic E-state index is 2.40. The third kappa shape index (κ3) is 2.50. The Morgan fingerprint density at radius 1 is 1.14 bits per heavy atom. The van der Waals surface area contributed by atoms with Gasteiger partial charge in [0.05, 0.1) is 0 Å². The molecular formula is C13H19I. The molecule has 0 nitrogen and oxygen atoms in total. The molecule has 0 radical (unpaired) electrons. The molecule has 0 aromatic heterocycles. The van der Waals surface area contributed by atoms with E-state index in [0.29, 0.717) is 5.92 Å². The summed E-state index contributed by atoms with van der Waals surface area (Å²) in [7, 11) is 0. The number of hydrogen-bond acceptors (Lipinski definition) is 0. The van der Waals surface area contributed by atoms with Crippen LogP contribution < -0.4 is 0 Å². The van der Waals surface area contributed by atoms with Gasteiger partial charge in [-0.1, -0.05) is 74.6 Å².